The van der Waals surface area contributed by atoms with Crippen molar-refractivity contribution < 1.29 is 4.79 Å². The molecule has 0 radical (unpaired) electrons. The van der Waals surface area contributed by atoms with Gasteiger partial charge in [-0.15, -0.1) is 0 Å². The molecule has 0 saturated carbocycles. The minimum absolute atomic E-state index is 0.234. The zero-order chi connectivity index (χ0) is 13.1. The number of carbonyl (C=O) groups excluding carboxylic acids is 1. The van der Waals surface area contributed by atoms with E-state index in [2.05, 4.69) is 10.3 Å². The number of hydrogen-bond donors (Lipinski definition) is 2. The second kappa shape index (κ2) is 5.06. The van der Waals surface area contributed by atoms with Gasteiger partial charge in [-0.25, -0.2) is 4.98 Å². The number of halogens is 1. The molecule has 0 aliphatic carbocycles. The number of amides is 1. The van der Waals surface area contributed by atoms with E-state index in [4.69, 9.17) is 17.3 Å². The Morgan fingerprint density at radius 2 is 2.00 bits per heavy atom. The Hall–Kier alpha value is -2.07. The minimum atomic E-state index is -0.305. The van der Waals surface area contributed by atoms with Crippen molar-refractivity contribution >= 4 is 28.9 Å². The molecule has 0 saturated heterocycles. The fraction of sp³-hybridized carbons (Fsp3) is 0.0769. The largest absolute Gasteiger partial charge is 0.397 e. The van der Waals surface area contributed by atoms with Crippen LogP contribution in [0.2, 0.25) is 5.15 Å². The quantitative estimate of drug-likeness (QED) is 0.817. The third-order valence-electron chi connectivity index (χ3n) is 2.46. The van der Waals surface area contributed by atoms with Gasteiger partial charge < -0.3 is 11.1 Å². The second-order valence-electron chi connectivity index (χ2n) is 3.91. The number of carbonyl (C=O) groups is 1. The molecular weight excluding hydrogens is 250 g/mol. The molecule has 2 rings (SSSR count). The highest BCUT2D eigenvalue weighted by Crippen LogP contribution is 2.17. The molecule has 3 N–H and O–H groups in total. The van der Waals surface area contributed by atoms with Gasteiger partial charge in [0.1, 0.15) is 5.15 Å². The average molecular weight is 262 g/mol. The standard InChI is InChI=1S/C13H12ClN3O/c1-8-2-4-9(5-3-8)17-13(18)10-6-12(14)16-7-11(10)15/h2-7H,15H2,1H3,(H,17,18). The molecule has 5 heteroatoms. The average Bonchev–Trinajstić information content (AvgIpc) is 2.35. The number of aryl methyl sites for hydroxylation is 1. The highest BCUT2D eigenvalue weighted by Gasteiger charge is 2.11. The Bertz CT molecular complexity index is 581. The summed E-state index contributed by atoms with van der Waals surface area (Å²) in [6.45, 7) is 1.98. The highest BCUT2D eigenvalue weighted by atomic mass is 35.5. The molecule has 0 aliphatic rings. The van der Waals surface area contributed by atoms with Gasteiger partial charge in [-0.05, 0) is 25.1 Å². The molecule has 4 nitrogen and oxygen atoms in total. The number of nitrogens with one attached hydrogen (secondary N) is 1. The minimum Gasteiger partial charge on any atom is -0.397 e. The molecule has 0 spiro atoms. The van der Waals surface area contributed by atoms with E-state index < -0.39 is 0 Å². The maximum Gasteiger partial charge on any atom is 0.257 e. The molecule has 1 heterocycles. The molecular formula is C13H12ClN3O. The van der Waals surface area contributed by atoms with Crippen molar-refractivity contribution in [1.29, 1.82) is 0 Å². The van der Waals surface area contributed by atoms with Gasteiger partial charge in [-0.3, -0.25) is 4.79 Å². The van der Waals surface area contributed by atoms with Crippen LogP contribution in [-0.4, -0.2) is 10.9 Å². The zero-order valence-corrected chi connectivity index (χ0v) is 10.5. The number of nitrogens with zero attached hydrogens (tertiary/aromatic N) is 1. The number of hydrogen-bond acceptors (Lipinski definition) is 3. The van der Waals surface area contributed by atoms with Crippen LogP contribution < -0.4 is 11.1 Å². The first-order chi connectivity index (χ1) is 8.56. The third kappa shape index (κ3) is 2.78. The summed E-state index contributed by atoms with van der Waals surface area (Å²) in [7, 11) is 0. The summed E-state index contributed by atoms with van der Waals surface area (Å²) in [5, 5.41) is 2.98. The van der Waals surface area contributed by atoms with E-state index in [0.29, 0.717) is 16.9 Å². The first-order valence-electron chi connectivity index (χ1n) is 5.35. The van der Waals surface area contributed by atoms with Crippen LogP contribution in [0.5, 0.6) is 0 Å². The van der Waals surface area contributed by atoms with Crippen LogP contribution in [0.3, 0.4) is 0 Å². The van der Waals surface area contributed by atoms with E-state index >= 15 is 0 Å². The second-order valence-corrected chi connectivity index (χ2v) is 4.30. The number of anilines is 2. The monoisotopic (exact) mass is 261 g/mol. The molecule has 1 aromatic heterocycles. The number of rotatable bonds is 2. The molecule has 0 atom stereocenters. The maximum atomic E-state index is 12.0. The fourth-order valence-corrected chi connectivity index (χ4v) is 1.63. The van der Waals surface area contributed by atoms with E-state index in [1.807, 2.05) is 31.2 Å². The molecule has 1 aromatic carbocycles. The lowest BCUT2D eigenvalue weighted by Gasteiger charge is -2.07. The maximum absolute atomic E-state index is 12.0. The number of benzene rings is 1. The van der Waals surface area contributed by atoms with E-state index in [1.165, 1.54) is 12.3 Å². The Balaban J connectivity index is 2.21. The number of nitrogens with two attached hydrogens (primary N) is 1. The van der Waals surface area contributed by atoms with Gasteiger partial charge in [-0.1, -0.05) is 29.3 Å². The summed E-state index contributed by atoms with van der Waals surface area (Å²) in [5.41, 5.74) is 8.13. The number of pyridine rings is 1. The molecule has 0 fully saturated rings. The Morgan fingerprint density at radius 3 is 2.67 bits per heavy atom. The van der Waals surface area contributed by atoms with Gasteiger partial charge in [0.2, 0.25) is 0 Å². The molecule has 92 valence electrons. The molecule has 0 unspecified atom stereocenters. The Morgan fingerprint density at radius 1 is 1.33 bits per heavy atom. The van der Waals surface area contributed by atoms with Crippen molar-refractivity contribution in [2.75, 3.05) is 11.1 Å². The zero-order valence-electron chi connectivity index (χ0n) is 9.77. The van der Waals surface area contributed by atoms with Crippen LogP contribution in [-0.2, 0) is 0 Å². The van der Waals surface area contributed by atoms with Gasteiger partial charge >= 0.3 is 0 Å². The topological polar surface area (TPSA) is 68.0 Å². The summed E-state index contributed by atoms with van der Waals surface area (Å²) in [6, 6.07) is 8.93. The molecule has 2 aromatic rings. The lowest BCUT2D eigenvalue weighted by atomic mass is 10.2. The fourth-order valence-electron chi connectivity index (χ4n) is 1.47. The predicted octanol–water partition coefficient (Wildman–Crippen LogP) is 2.88. The van der Waals surface area contributed by atoms with Crippen molar-refractivity contribution in [2.45, 2.75) is 6.92 Å². The normalized spacial score (nSPS) is 10.1. The van der Waals surface area contributed by atoms with Crippen LogP contribution in [0.25, 0.3) is 0 Å². The van der Waals surface area contributed by atoms with Gasteiger partial charge in [0, 0.05) is 5.69 Å². The van der Waals surface area contributed by atoms with Crippen LogP contribution in [0, 0.1) is 6.92 Å². The van der Waals surface area contributed by atoms with E-state index in [0.717, 1.165) is 5.56 Å². The van der Waals surface area contributed by atoms with E-state index in [9.17, 15) is 4.79 Å². The first-order valence-corrected chi connectivity index (χ1v) is 5.73. The third-order valence-corrected chi connectivity index (χ3v) is 2.66. The van der Waals surface area contributed by atoms with E-state index in [1.54, 1.807) is 0 Å². The molecule has 1 amide bonds. The lowest BCUT2D eigenvalue weighted by molar-refractivity contribution is 0.102. The summed E-state index contributed by atoms with van der Waals surface area (Å²) in [5.74, 6) is -0.305. The first kappa shape index (κ1) is 12.4. The van der Waals surface area contributed by atoms with Crippen molar-refractivity contribution in [3.63, 3.8) is 0 Å². The molecule has 0 bridgehead atoms. The molecule has 18 heavy (non-hydrogen) atoms. The van der Waals surface area contributed by atoms with Crippen molar-refractivity contribution in [1.82, 2.24) is 4.98 Å². The summed E-state index contributed by atoms with van der Waals surface area (Å²) in [6.07, 6.45) is 1.37. The van der Waals surface area contributed by atoms with Crippen LogP contribution >= 0.6 is 11.6 Å². The van der Waals surface area contributed by atoms with Gasteiger partial charge in [0.05, 0.1) is 17.4 Å². The summed E-state index contributed by atoms with van der Waals surface area (Å²) < 4.78 is 0. The Kier molecular flexibility index (Phi) is 3.48. The van der Waals surface area contributed by atoms with Gasteiger partial charge in [-0.2, -0.15) is 0 Å². The summed E-state index contributed by atoms with van der Waals surface area (Å²) >= 11 is 5.74. The van der Waals surface area contributed by atoms with Gasteiger partial charge in [0.15, 0.2) is 0 Å². The van der Waals surface area contributed by atoms with Crippen LogP contribution in [0.15, 0.2) is 36.5 Å². The van der Waals surface area contributed by atoms with Crippen molar-refractivity contribution in [2.24, 2.45) is 0 Å². The summed E-state index contributed by atoms with van der Waals surface area (Å²) in [4.78, 5) is 15.8. The van der Waals surface area contributed by atoms with E-state index in [-0.39, 0.29) is 11.1 Å². The highest BCUT2D eigenvalue weighted by molar-refractivity contribution is 6.30. The SMILES string of the molecule is Cc1ccc(NC(=O)c2cc(Cl)ncc2N)cc1. The predicted molar refractivity (Wildman–Crippen MR) is 72.8 cm³/mol. The number of aromatic nitrogens is 1. The van der Waals surface area contributed by atoms with Crippen molar-refractivity contribution in [3.05, 3.63) is 52.8 Å². The molecule has 0 aliphatic heterocycles. The van der Waals surface area contributed by atoms with Gasteiger partial charge in [0.25, 0.3) is 5.91 Å². The lowest BCUT2D eigenvalue weighted by Crippen LogP contribution is -2.14. The smallest absolute Gasteiger partial charge is 0.257 e. The Labute approximate surface area is 110 Å². The number of nitrogen functional groups attached to an aromatic ring is 1. The van der Waals surface area contributed by atoms with Crippen molar-refractivity contribution in [3.8, 4) is 0 Å². The van der Waals surface area contributed by atoms with Crippen LogP contribution in [0.4, 0.5) is 11.4 Å². The van der Waals surface area contributed by atoms with Crippen LogP contribution in [0.1, 0.15) is 15.9 Å².